The molecule has 1 unspecified atom stereocenters. The number of ether oxygens (including phenoxy) is 3. The average molecular weight is 884 g/mol. The molecule has 9 N–H and O–H groups in total. The van der Waals surface area contributed by atoms with E-state index in [0.29, 0.717) is 6.54 Å². The third-order valence-corrected chi connectivity index (χ3v) is 13.2. The first-order valence-corrected chi connectivity index (χ1v) is 23.0. The highest BCUT2D eigenvalue weighted by Gasteiger charge is 2.49. The van der Waals surface area contributed by atoms with Gasteiger partial charge in [0.2, 0.25) is 0 Å². The van der Waals surface area contributed by atoms with Crippen LogP contribution in [0.5, 0.6) is 0 Å². The van der Waals surface area contributed by atoms with E-state index in [1.165, 1.54) is 29.5 Å². The summed E-state index contributed by atoms with van der Waals surface area (Å²) < 4.78 is 59.9. The summed E-state index contributed by atoms with van der Waals surface area (Å²) in [7, 11) is -6.49. The van der Waals surface area contributed by atoms with Crippen LogP contribution in [0, 0.1) is 0 Å². The zero-order valence-electron chi connectivity index (χ0n) is 31.1. The van der Waals surface area contributed by atoms with Gasteiger partial charge in [0.15, 0.2) is 23.8 Å². The lowest BCUT2D eigenvalue weighted by molar-refractivity contribution is -0.156. The standard InChI is InChI=1S/C30H47N9O14P2S2/c1-30(2,3)57-56-11-5-4-8-33-9-6-22(40)52-25-19(51-28(24(25)41)39-16-36-23-26(32)34-15-35-27(23)39)14-49-55(46,47)53-17-12-21(38-10-7-20(31)37-29(38)42)50-18(17)13-48-54(43,44)45/h7,10,15-19,21,24-25,28,33,41H,4-6,8-9,11-14H2,1-3H3,(H,46,47)(H2,31,37,42)(H2,32,34,35)(H2,43,44,45)/t17-,18+,19+,21+,24+,25+,28+/m0/s1. The Morgan fingerprint density at radius 1 is 1.05 bits per heavy atom. The fourth-order valence-electron chi connectivity index (χ4n) is 5.76. The van der Waals surface area contributed by atoms with E-state index in [1.54, 1.807) is 0 Å². The van der Waals surface area contributed by atoms with Gasteiger partial charge >= 0.3 is 27.3 Å². The number of esters is 1. The molecule has 23 nitrogen and oxygen atoms in total. The van der Waals surface area contributed by atoms with Gasteiger partial charge < -0.3 is 50.8 Å². The number of phosphoric acid groups is 2. The Labute approximate surface area is 334 Å². The largest absolute Gasteiger partial charge is 0.472 e. The molecule has 0 aromatic carbocycles. The van der Waals surface area contributed by atoms with Crippen molar-refractivity contribution in [2.75, 3.05) is 43.5 Å². The normalized spacial score (nSPS) is 25.2. The van der Waals surface area contributed by atoms with E-state index in [9.17, 15) is 38.5 Å². The van der Waals surface area contributed by atoms with E-state index >= 15 is 0 Å². The van der Waals surface area contributed by atoms with Crippen molar-refractivity contribution in [3.63, 3.8) is 0 Å². The molecule has 2 aliphatic heterocycles. The van der Waals surface area contributed by atoms with Crippen LogP contribution in [0.2, 0.25) is 0 Å². The molecule has 2 aliphatic rings. The molecule has 0 aliphatic carbocycles. The molecule has 0 spiro atoms. The molecule has 3 aromatic rings. The smallest absolute Gasteiger partial charge is 0.456 e. The van der Waals surface area contributed by atoms with Crippen LogP contribution in [0.4, 0.5) is 11.6 Å². The van der Waals surface area contributed by atoms with Crippen LogP contribution in [-0.2, 0) is 41.7 Å². The number of aliphatic hydroxyl groups is 1. The molecule has 0 amide bonds. The number of hydrogen-bond donors (Lipinski definition) is 7. The Morgan fingerprint density at radius 2 is 1.81 bits per heavy atom. The van der Waals surface area contributed by atoms with Crippen LogP contribution in [0.1, 0.15) is 58.9 Å². The van der Waals surface area contributed by atoms with Gasteiger partial charge in [-0.2, -0.15) is 4.98 Å². The van der Waals surface area contributed by atoms with Gasteiger partial charge in [0.05, 0.1) is 26.0 Å². The zero-order chi connectivity index (χ0) is 41.5. The van der Waals surface area contributed by atoms with Crippen molar-refractivity contribution in [2.24, 2.45) is 0 Å². The quantitative estimate of drug-likeness (QED) is 0.0363. The summed E-state index contributed by atoms with van der Waals surface area (Å²) >= 11 is 0. The Morgan fingerprint density at radius 3 is 2.53 bits per heavy atom. The number of unbranched alkanes of at least 4 members (excludes halogenated alkanes) is 1. The van der Waals surface area contributed by atoms with Gasteiger partial charge in [-0.25, -0.2) is 28.9 Å². The fourth-order valence-corrected chi connectivity index (χ4v) is 9.48. The number of phosphoric ester groups is 2. The SMILES string of the molecule is CC(C)(C)SSCCCCNCCC(=O)O[C@H]1[C@@H](O)[C@H](n2cnc3c(N)ncnc32)O[C@@H]1COP(=O)(O)O[C@H]1C[C@H](n2ccc(N)nc2=O)O[C@@H]1COP(=O)(O)O. The number of nitrogens with zero attached hydrogens (tertiary/aromatic N) is 6. The molecule has 5 rings (SSSR count). The van der Waals surface area contributed by atoms with Gasteiger partial charge in [0, 0.05) is 29.7 Å². The minimum atomic E-state index is -5.11. The molecule has 8 atom stereocenters. The predicted molar refractivity (Wildman–Crippen MR) is 206 cm³/mol. The van der Waals surface area contributed by atoms with E-state index < -0.39 is 83.5 Å². The van der Waals surface area contributed by atoms with E-state index in [2.05, 4.69) is 50.5 Å². The number of hydrogen-bond acceptors (Lipinski definition) is 20. The Bertz CT molecular complexity index is 1980. The first kappa shape index (κ1) is 45.3. The summed E-state index contributed by atoms with van der Waals surface area (Å²) in [5, 5.41) is 14.6. The molecular formula is C30H47N9O14P2S2. The lowest BCUT2D eigenvalue weighted by Gasteiger charge is -2.24. The number of nitrogens with two attached hydrogens (primary N) is 2. The van der Waals surface area contributed by atoms with Crippen molar-refractivity contribution in [2.45, 2.75) is 94.2 Å². The second-order valence-corrected chi connectivity index (χ2v) is 19.8. The Balaban J connectivity index is 1.23. The monoisotopic (exact) mass is 883 g/mol. The van der Waals surface area contributed by atoms with E-state index in [1.807, 2.05) is 21.6 Å². The molecule has 2 fully saturated rings. The Hall–Kier alpha value is -2.74. The summed E-state index contributed by atoms with van der Waals surface area (Å²) in [5.74, 6) is 0.278. The highest BCUT2D eigenvalue weighted by atomic mass is 33.1. The number of carbonyl (C=O) groups excluding carboxylic acids is 1. The third kappa shape index (κ3) is 13.1. The summed E-state index contributed by atoms with van der Waals surface area (Å²) in [6.45, 7) is 5.86. The number of rotatable bonds is 20. The molecule has 0 radical (unpaired) electrons. The number of fused-ring (bicyclic) bond motifs is 1. The molecule has 0 saturated carbocycles. The molecule has 27 heteroatoms. The van der Waals surface area contributed by atoms with Crippen molar-refractivity contribution < 1.29 is 61.5 Å². The number of nitrogen functional groups attached to an aromatic ring is 2. The van der Waals surface area contributed by atoms with Crippen molar-refractivity contribution in [3.05, 3.63) is 35.4 Å². The van der Waals surface area contributed by atoms with Gasteiger partial charge in [-0.05, 0) is 25.5 Å². The minimum absolute atomic E-state index is 0.0580. The number of aromatic nitrogens is 6. The maximum atomic E-state index is 13.4. The third-order valence-electron chi connectivity index (χ3n) is 8.30. The highest BCUT2D eigenvalue weighted by Crippen LogP contribution is 2.50. The van der Waals surface area contributed by atoms with Gasteiger partial charge in [0.25, 0.3) is 0 Å². The van der Waals surface area contributed by atoms with Crippen LogP contribution in [0.3, 0.4) is 0 Å². The summed E-state index contributed by atoms with van der Waals surface area (Å²) in [5.41, 5.74) is 11.0. The molecule has 318 valence electrons. The highest BCUT2D eigenvalue weighted by molar-refractivity contribution is 8.77. The number of anilines is 2. The van der Waals surface area contributed by atoms with Crippen molar-refractivity contribution >= 4 is 66.0 Å². The molecule has 3 aromatic heterocycles. The second kappa shape index (κ2) is 19.5. The van der Waals surface area contributed by atoms with E-state index in [0.717, 1.165) is 23.2 Å². The van der Waals surface area contributed by atoms with Crippen LogP contribution >= 0.6 is 37.2 Å². The van der Waals surface area contributed by atoms with Crippen molar-refractivity contribution in [3.8, 4) is 0 Å². The maximum Gasteiger partial charge on any atom is 0.472 e. The first-order valence-electron chi connectivity index (χ1n) is 17.6. The van der Waals surface area contributed by atoms with Crippen LogP contribution < -0.4 is 22.5 Å². The second-order valence-electron chi connectivity index (χ2n) is 13.9. The molecule has 2 saturated heterocycles. The minimum Gasteiger partial charge on any atom is -0.456 e. The number of carbonyl (C=O) groups is 1. The summed E-state index contributed by atoms with van der Waals surface area (Å²) in [6.07, 6.45) is -4.35. The topological polar surface area (TPSA) is 330 Å². The van der Waals surface area contributed by atoms with Crippen LogP contribution in [-0.4, -0.2) is 122 Å². The predicted octanol–water partition coefficient (Wildman–Crippen LogP) is 1.26. The Kier molecular flexibility index (Phi) is 15.6. The molecular weight excluding hydrogens is 836 g/mol. The lowest BCUT2D eigenvalue weighted by Crippen LogP contribution is -2.39. The van der Waals surface area contributed by atoms with Crippen molar-refractivity contribution in [1.82, 2.24) is 34.4 Å². The maximum absolute atomic E-state index is 13.4. The molecule has 57 heavy (non-hydrogen) atoms. The fraction of sp³-hybridized carbons (Fsp3) is 0.667. The van der Waals surface area contributed by atoms with Crippen LogP contribution in [0.25, 0.3) is 11.2 Å². The van der Waals surface area contributed by atoms with E-state index in [4.69, 9.17) is 34.7 Å². The van der Waals surface area contributed by atoms with Gasteiger partial charge in [-0.1, -0.05) is 42.4 Å². The molecule has 5 heterocycles. The van der Waals surface area contributed by atoms with Crippen LogP contribution in [0.15, 0.2) is 29.7 Å². The number of nitrogens with one attached hydrogen (secondary N) is 1. The van der Waals surface area contributed by atoms with Gasteiger partial charge in [-0.15, -0.1) is 0 Å². The van der Waals surface area contributed by atoms with E-state index in [-0.39, 0.29) is 46.9 Å². The molecule has 0 bridgehead atoms. The lowest BCUT2D eigenvalue weighted by atomic mass is 10.1. The first-order chi connectivity index (χ1) is 26.8. The number of aliphatic hydroxyl groups excluding tert-OH is 1. The zero-order valence-corrected chi connectivity index (χ0v) is 34.6. The average Bonchev–Trinajstić information content (AvgIpc) is 3.80. The van der Waals surface area contributed by atoms with Gasteiger partial charge in [0.1, 0.15) is 48.3 Å². The number of imidazole rings is 1. The summed E-state index contributed by atoms with van der Waals surface area (Å²) in [6, 6.07) is 1.30. The van der Waals surface area contributed by atoms with Gasteiger partial charge in [-0.3, -0.25) is 27.5 Å². The van der Waals surface area contributed by atoms with Crippen molar-refractivity contribution in [1.29, 1.82) is 0 Å². The summed E-state index contributed by atoms with van der Waals surface area (Å²) in [4.78, 5) is 70.7.